The molecular weight excluding hydrogens is 472 g/mol. The number of alkyl halides is 1. The lowest BCUT2D eigenvalue weighted by Crippen LogP contribution is -2.72. The molecule has 2 rings (SSSR count). The highest BCUT2D eigenvalue weighted by molar-refractivity contribution is 7.99. The van der Waals surface area contributed by atoms with Gasteiger partial charge in [0.2, 0.25) is 10.9 Å². The molecule has 11 heteroatoms. The molecular formula is C21H31ClN2O6SSi. The Bertz CT molecular complexity index is 891. The number of nitrogens with zero attached hydrogens (tertiary/aromatic N) is 2. The molecule has 0 radical (unpaired) electrons. The molecule has 8 nitrogen and oxygen atoms in total. The van der Waals surface area contributed by atoms with E-state index in [1.807, 2.05) is 6.92 Å². The molecule has 1 amide bonds. The maximum absolute atomic E-state index is 13.2. The normalized spacial score (nSPS) is 22.1. The fraction of sp³-hybridized carbons (Fsp3) is 0.619. The molecule has 0 saturated carbocycles. The Morgan fingerprint density at radius 3 is 2.28 bits per heavy atom. The number of β-lactam (4-membered cyclic amide) rings is 1. The van der Waals surface area contributed by atoms with E-state index in [2.05, 4.69) is 33.9 Å². The summed E-state index contributed by atoms with van der Waals surface area (Å²) in [5.41, 5.74) is 0.373. The Balaban J connectivity index is 2.28. The standard InChI is InChI=1S/C21H31ClN2O6SSi/c1-13(30-32(6,7)20(2,3)4)16-17(25)23(18(16)31-5)21(22,19(26)27)12-14-8-10-15(11-9-14)24(28)29/h8-11,13,16,18H,12H2,1-7H3,(H,26,27). The summed E-state index contributed by atoms with van der Waals surface area (Å²) < 4.78 is 6.41. The van der Waals surface area contributed by atoms with Crippen molar-refractivity contribution in [2.45, 2.75) is 68.7 Å². The molecule has 1 N–H and O–H groups in total. The third-order valence-corrected chi connectivity index (χ3v) is 12.5. The number of halogens is 1. The molecule has 0 spiro atoms. The van der Waals surface area contributed by atoms with Crippen LogP contribution in [-0.2, 0) is 20.4 Å². The number of carboxylic acids is 1. The highest BCUT2D eigenvalue weighted by Gasteiger charge is 2.61. The van der Waals surface area contributed by atoms with E-state index in [1.165, 1.54) is 40.9 Å². The predicted octanol–water partition coefficient (Wildman–Crippen LogP) is 4.71. The van der Waals surface area contributed by atoms with Crippen molar-refractivity contribution in [3.63, 3.8) is 0 Å². The van der Waals surface area contributed by atoms with Crippen LogP contribution in [0.15, 0.2) is 24.3 Å². The van der Waals surface area contributed by atoms with Gasteiger partial charge in [-0.2, -0.15) is 0 Å². The number of thioether (sulfide) groups is 1. The minimum absolute atomic E-state index is 0.0319. The van der Waals surface area contributed by atoms with Crippen LogP contribution in [0.5, 0.6) is 0 Å². The number of hydrogen-bond donors (Lipinski definition) is 1. The number of carbonyl (C=O) groups is 2. The first-order valence-electron chi connectivity index (χ1n) is 10.3. The Hall–Kier alpha value is -1.62. The molecule has 32 heavy (non-hydrogen) atoms. The van der Waals surface area contributed by atoms with Gasteiger partial charge >= 0.3 is 5.97 Å². The van der Waals surface area contributed by atoms with Crippen molar-refractivity contribution in [3.05, 3.63) is 39.9 Å². The van der Waals surface area contributed by atoms with Crippen LogP contribution < -0.4 is 0 Å². The minimum atomic E-state index is -2.13. The van der Waals surface area contributed by atoms with Gasteiger partial charge in [0.25, 0.3) is 5.69 Å². The van der Waals surface area contributed by atoms with Gasteiger partial charge in [0, 0.05) is 18.6 Å². The summed E-state index contributed by atoms with van der Waals surface area (Å²) >= 11 is 7.94. The van der Waals surface area contributed by atoms with E-state index in [0.29, 0.717) is 5.56 Å². The smallest absolute Gasteiger partial charge is 0.345 e. The van der Waals surface area contributed by atoms with E-state index < -0.39 is 35.5 Å². The van der Waals surface area contributed by atoms with E-state index in [9.17, 15) is 24.8 Å². The van der Waals surface area contributed by atoms with Gasteiger partial charge in [-0.15, -0.1) is 11.8 Å². The van der Waals surface area contributed by atoms with Crippen LogP contribution in [0.1, 0.15) is 33.3 Å². The number of hydrogen-bond acceptors (Lipinski definition) is 6. The first-order chi connectivity index (χ1) is 14.6. The molecule has 1 saturated heterocycles. The van der Waals surface area contributed by atoms with Crippen molar-refractivity contribution in [1.82, 2.24) is 4.90 Å². The van der Waals surface area contributed by atoms with Gasteiger partial charge in [0.15, 0.2) is 8.32 Å². The SMILES string of the molecule is CSC1C(C(C)O[Si](C)(C)C(C)(C)C)C(=O)N1C(Cl)(Cc1ccc([N+](=O)[O-])cc1)C(=O)O. The molecule has 4 unspecified atom stereocenters. The molecule has 1 aliphatic heterocycles. The summed E-state index contributed by atoms with van der Waals surface area (Å²) in [6, 6.07) is 5.49. The number of non-ortho nitro benzene ring substituents is 1. The second-order valence-corrected chi connectivity index (χ2v) is 15.9. The summed E-state index contributed by atoms with van der Waals surface area (Å²) in [6.07, 6.45) is 1.24. The van der Waals surface area contributed by atoms with E-state index in [4.69, 9.17) is 16.0 Å². The molecule has 1 fully saturated rings. The minimum Gasteiger partial charge on any atom is -0.479 e. The molecule has 4 atom stereocenters. The Morgan fingerprint density at radius 1 is 1.34 bits per heavy atom. The molecule has 1 aromatic carbocycles. The average molecular weight is 503 g/mol. The first kappa shape index (κ1) is 26.6. The first-order valence-corrected chi connectivity index (χ1v) is 14.8. The molecule has 1 aliphatic rings. The second kappa shape index (κ2) is 9.32. The molecule has 178 valence electrons. The maximum atomic E-state index is 13.2. The van der Waals surface area contributed by atoms with Gasteiger partial charge in [-0.1, -0.05) is 44.5 Å². The van der Waals surface area contributed by atoms with Gasteiger partial charge in [-0.25, -0.2) is 4.79 Å². The van der Waals surface area contributed by atoms with Crippen LogP contribution in [0, 0.1) is 16.0 Å². The summed E-state index contributed by atoms with van der Waals surface area (Å²) in [5.74, 6) is -2.22. The number of likely N-dealkylation sites (tertiary alicyclic amines) is 1. The fourth-order valence-electron chi connectivity index (χ4n) is 3.53. The van der Waals surface area contributed by atoms with Crippen molar-refractivity contribution in [3.8, 4) is 0 Å². The van der Waals surface area contributed by atoms with Crippen LogP contribution in [0.2, 0.25) is 18.1 Å². The largest absolute Gasteiger partial charge is 0.479 e. The number of amides is 1. The van der Waals surface area contributed by atoms with Crippen LogP contribution >= 0.6 is 23.4 Å². The quantitative estimate of drug-likeness (QED) is 0.130. The van der Waals surface area contributed by atoms with E-state index in [0.717, 1.165) is 0 Å². The molecule has 1 heterocycles. The fourth-order valence-corrected chi connectivity index (χ4v) is 6.49. The number of nitro benzene ring substituents is 1. The monoisotopic (exact) mass is 502 g/mol. The Kier molecular flexibility index (Phi) is 7.76. The van der Waals surface area contributed by atoms with Gasteiger partial charge in [-0.3, -0.25) is 14.9 Å². The van der Waals surface area contributed by atoms with Crippen LogP contribution in [0.3, 0.4) is 0 Å². The molecule has 0 aromatic heterocycles. The van der Waals surface area contributed by atoms with Crippen molar-refractivity contribution >= 4 is 49.2 Å². The number of aliphatic carboxylic acids is 1. The lowest BCUT2D eigenvalue weighted by molar-refractivity contribution is -0.384. The predicted molar refractivity (Wildman–Crippen MR) is 128 cm³/mol. The van der Waals surface area contributed by atoms with Gasteiger partial charge < -0.3 is 14.4 Å². The van der Waals surface area contributed by atoms with E-state index in [1.54, 1.807) is 6.26 Å². The third-order valence-electron chi connectivity index (χ3n) is 6.41. The Labute approximate surface area is 198 Å². The number of nitro groups is 1. The van der Waals surface area contributed by atoms with Crippen LogP contribution in [0.25, 0.3) is 0 Å². The van der Waals surface area contributed by atoms with Crippen LogP contribution in [0.4, 0.5) is 5.69 Å². The Morgan fingerprint density at radius 2 is 1.88 bits per heavy atom. The summed E-state index contributed by atoms with van der Waals surface area (Å²) in [5, 5.41) is 20.3. The molecule has 1 aromatic rings. The van der Waals surface area contributed by atoms with E-state index >= 15 is 0 Å². The molecule has 0 aliphatic carbocycles. The van der Waals surface area contributed by atoms with Crippen molar-refractivity contribution in [2.75, 3.05) is 6.26 Å². The summed E-state index contributed by atoms with van der Waals surface area (Å²) in [4.78, 5) is 35.0. The van der Waals surface area contributed by atoms with Gasteiger partial charge in [-0.05, 0) is 36.9 Å². The highest BCUT2D eigenvalue weighted by Crippen LogP contribution is 2.47. The summed E-state index contributed by atoms with van der Waals surface area (Å²) in [6.45, 7) is 12.4. The van der Waals surface area contributed by atoms with Crippen LogP contribution in [-0.4, -0.2) is 57.9 Å². The summed E-state index contributed by atoms with van der Waals surface area (Å²) in [7, 11) is -2.13. The highest BCUT2D eigenvalue weighted by atomic mass is 35.5. The number of benzene rings is 1. The lowest BCUT2D eigenvalue weighted by Gasteiger charge is -2.54. The van der Waals surface area contributed by atoms with E-state index in [-0.39, 0.29) is 29.2 Å². The van der Waals surface area contributed by atoms with Gasteiger partial charge in [0.05, 0.1) is 22.3 Å². The van der Waals surface area contributed by atoms with Crippen molar-refractivity contribution in [2.24, 2.45) is 5.92 Å². The average Bonchev–Trinajstić information content (AvgIpc) is 2.64. The zero-order valence-corrected chi connectivity index (χ0v) is 22.0. The molecule has 0 bridgehead atoms. The van der Waals surface area contributed by atoms with Gasteiger partial charge in [0.1, 0.15) is 0 Å². The zero-order chi connectivity index (χ0) is 24.6. The number of carboxylic acid groups (broad SMARTS) is 1. The van der Waals surface area contributed by atoms with Crippen molar-refractivity contribution in [1.29, 1.82) is 0 Å². The third kappa shape index (κ3) is 4.98. The maximum Gasteiger partial charge on any atom is 0.345 e. The van der Waals surface area contributed by atoms with Crippen molar-refractivity contribution < 1.29 is 24.0 Å². The number of carbonyl (C=O) groups excluding carboxylic acids is 1. The topological polar surface area (TPSA) is 110 Å². The number of rotatable bonds is 9. The second-order valence-electron chi connectivity index (χ2n) is 9.61. The zero-order valence-electron chi connectivity index (χ0n) is 19.4. The lowest BCUT2D eigenvalue weighted by atomic mass is 9.89.